The van der Waals surface area contributed by atoms with Crippen LogP contribution in [0.15, 0.2) is 51.5 Å². The van der Waals surface area contributed by atoms with Gasteiger partial charge in [0.25, 0.3) is 11.8 Å². The SMILES string of the molecule is CC(C)(C)C(=O)Nc1c(C(=O)N2CCN(C(=O)c3ccco3)CC2)oc2ccccc12. The molecule has 1 aliphatic rings. The third kappa shape index (κ3) is 4.05. The number of fused-ring (bicyclic) bond motifs is 1. The summed E-state index contributed by atoms with van der Waals surface area (Å²) in [6, 6.07) is 10.5. The maximum Gasteiger partial charge on any atom is 0.291 e. The van der Waals surface area contributed by atoms with Gasteiger partial charge in [0.05, 0.1) is 6.26 Å². The zero-order chi connectivity index (χ0) is 22.2. The molecule has 3 heterocycles. The highest BCUT2D eigenvalue weighted by Gasteiger charge is 2.32. The van der Waals surface area contributed by atoms with Crippen molar-refractivity contribution in [2.75, 3.05) is 31.5 Å². The molecule has 4 rings (SSSR count). The Hall–Kier alpha value is -3.55. The van der Waals surface area contributed by atoms with E-state index < -0.39 is 5.41 Å². The van der Waals surface area contributed by atoms with Crippen molar-refractivity contribution < 1.29 is 23.2 Å². The van der Waals surface area contributed by atoms with Gasteiger partial charge >= 0.3 is 0 Å². The van der Waals surface area contributed by atoms with Gasteiger partial charge in [0.1, 0.15) is 11.3 Å². The van der Waals surface area contributed by atoms with Crippen molar-refractivity contribution in [3.8, 4) is 0 Å². The van der Waals surface area contributed by atoms with E-state index in [0.717, 1.165) is 0 Å². The minimum absolute atomic E-state index is 0.101. The number of hydrogen-bond acceptors (Lipinski definition) is 5. The van der Waals surface area contributed by atoms with Gasteiger partial charge in [0.2, 0.25) is 11.7 Å². The van der Waals surface area contributed by atoms with E-state index >= 15 is 0 Å². The van der Waals surface area contributed by atoms with E-state index in [1.807, 2.05) is 18.2 Å². The van der Waals surface area contributed by atoms with Crippen molar-refractivity contribution in [1.82, 2.24) is 9.80 Å². The Labute approximate surface area is 179 Å². The van der Waals surface area contributed by atoms with Gasteiger partial charge in [-0.1, -0.05) is 32.9 Å². The number of para-hydroxylation sites is 1. The average molecular weight is 423 g/mol. The van der Waals surface area contributed by atoms with Crippen LogP contribution < -0.4 is 5.32 Å². The zero-order valence-corrected chi connectivity index (χ0v) is 17.8. The molecule has 2 aromatic heterocycles. The van der Waals surface area contributed by atoms with E-state index in [9.17, 15) is 14.4 Å². The number of nitrogens with zero attached hydrogens (tertiary/aromatic N) is 2. The Morgan fingerprint density at radius 3 is 2.16 bits per heavy atom. The molecule has 0 atom stereocenters. The van der Waals surface area contributed by atoms with Crippen molar-refractivity contribution >= 4 is 34.4 Å². The summed E-state index contributed by atoms with van der Waals surface area (Å²) in [5.74, 6) is -0.333. The van der Waals surface area contributed by atoms with Gasteiger partial charge in [-0.25, -0.2) is 0 Å². The summed E-state index contributed by atoms with van der Waals surface area (Å²) in [5, 5.41) is 3.56. The molecule has 1 N–H and O–H groups in total. The summed E-state index contributed by atoms with van der Waals surface area (Å²) in [7, 11) is 0. The first-order valence-corrected chi connectivity index (χ1v) is 10.2. The van der Waals surface area contributed by atoms with E-state index in [2.05, 4.69) is 5.32 Å². The van der Waals surface area contributed by atoms with Crippen LogP contribution in [0.4, 0.5) is 5.69 Å². The number of benzene rings is 1. The van der Waals surface area contributed by atoms with Crippen LogP contribution in [-0.4, -0.2) is 53.7 Å². The Balaban J connectivity index is 1.55. The average Bonchev–Trinajstić information content (AvgIpc) is 3.41. The molecule has 8 nitrogen and oxygen atoms in total. The molecule has 1 aromatic carbocycles. The molecule has 8 heteroatoms. The van der Waals surface area contributed by atoms with Crippen molar-refractivity contribution in [3.63, 3.8) is 0 Å². The van der Waals surface area contributed by atoms with Crippen molar-refractivity contribution in [3.05, 3.63) is 54.2 Å². The van der Waals surface area contributed by atoms with Crippen LogP contribution in [0.1, 0.15) is 41.9 Å². The lowest BCUT2D eigenvalue weighted by Gasteiger charge is -2.34. The fourth-order valence-corrected chi connectivity index (χ4v) is 3.43. The number of carbonyl (C=O) groups excluding carboxylic acids is 3. The number of amides is 3. The Kier molecular flexibility index (Phi) is 5.31. The summed E-state index contributed by atoms with van der Waals surface area (Å²) in [6.45, 7) is 6.90. The first-order valence-electron chi connectivity index (χ1n) is 10.2. The smallest absolute Gasteiger partial charge is 0.291 e. The first-order chi connectivity index (χ1) is 14.8. The lowest BCUT2D eigenvalue weighted by atomic mass is 9.95. The lowest BCUT2D eigenvalue weighted by molar-refractivity contribution is -0.123. The molecular formula is C23H25N3O5. The second-order valence-corrected chi connectivity index (χ2v) is 8.57. The van der Waals surface area contributed by atoms with Gasteiger partial charge < -0.3 is 24.0 Å². The Morgan fingerprint density at radius 1 is 0.903 bits per heavy atom. The second-order valence-electron chi connectivity index (χ2n) is 8.57. The molecular weight excluding hydrogens is 398 g/mol. The summed E-state index contributed by atoms with van der Waals surface area (Å²) >= 11 is 0. The van der Waals surface area contributed by atoms with Gasteiger partial charge in [0, 0.05) is 37.0 Å². The number of piperazine rings is 1. The minimum atomic E-state index is -0.628. The molecule has 0 aliphatic carbocycles. The number of furan rings is 2. The fraction of sp³-hybridized carbons (Fsp3) is 0.348. The van der Waals surface area contributed by atoms with E-state index in [0.29, 0.717) is 42.8 Å². The molecule has 1 aliphatic heterocycles. The van der Waals surface area contributed by atoms with Crippen LogP contribution >= 0.6 is 0 Å². The molecule has 0 saturated carbocycles. The van der Waals surface area contributed by atoms with Crippen molar-refractivity contribution in [2.45, 2.75) is 20.8 Å². The predicted molar refractivity (Wildman–Crippen MR) is 115 cm³/mol. The van der Waals surface area contributed by atoms with Crippen LogP contribution in [-0.2, 0) is 4.79 Å². The molecule has 1 saturated heterocycles. The van der Waals surface area contributed by atoms with E-state index in [1.54, 1.807) is 48.8 Å². The standard InChI is InChI=1S/C23H25N3O5/c1-23(2,3)22(29)24-18-15-7-4-5-8-16(15)31-19(18)21(28)26-12-10-25(11-13-26)20(27)17-9-6-14-30-17/h4-9,14H,10-13H2,1-3H3,(H,24,29). The number of carbonyl (C=O) groups is 3. The van der Waals surface area contributed by atoms with Gasteiger partial charge in [-0.05, 0) is 24.3 Å². The van der Waals surface area contributed by atoms with Crippen LogP contribution in [0, 0.1) is 5.41 Å². The fourth-order valence-electron chi connectivity index (χ4n) is 3.43. The molecule has 3 amide bonds. The molecule has 0 spiro atoms. The molecule has 162 valence electrons. The Morgan fingerprint density at radius 2 is 1.55 bits per heavy atom. The van der Waals surface area contributed by atoms with Gasteiger partial charge in [-0.15, -0.1) is 0 Å². The monoisotopic (exact) mass is 423 g/mol. The number of anilines is 1. The van der Waals surface area contributed by atoms with E-state index in [1.165, 1.54) is 6.26 Å². The normalized spacial score (nSPS) is 14.7. The van der Waals surface area contributed by atoms with E-state index in [4.69, 9.17) is 8.83 Å². The summed E-state index contributed by atoms with van der Waals surface area (Å²) in [5.41, 5.74) is 0.285. The Bertz CT molecular complexity index is 1120. The third-order valence-electron chi connectivity index (χ3n) is 5.30. The molecule has 1 fully saturated rings. The van der Waals surface area contributed by atoms with E-state index in [-0.39, 0.29) is 29.2 Å². The number of nitrogens with one attached hydrogen (secondary N) is 1. The largest absolute Gasteiger partial charge is 0.459 e. The summed E-state index contributed by atoms with van der Waals surface area (Å²) in [4.78, 5) is 41.7. The van der Waals surface area contributed by atoms with Gasteiger partial charge in [0.15, 0.2) is 5.76 Å². The molecule has 0 bridgehead atoms. The highest BCUT2D eigenvalue weighted by Crippen LogP contribution is 2.33. The first kappa shape index (κ1) is 20.7. The van der Waals surface area contributed by atoms with Gasteiger partial charge in [-0.3, -0.25) is 14.4 Å². The summed E-state index contributed by atoms with van der Waals surface area (Å²) < 4.78 is 11.0. The highest BCUT2D eigenvalue weighted by atomic mass is 16.4. The summed E-state index contributed by atoms with van der Waals surface area (Å²) in [6.07, 6.45) is 1.46. The van der Waals surface area contributed by atoms with Crippen molar-refractivity contribution in [1.29, 1.82) is 0 Å². The molecule has 3 aromatic rings. The van der Waals surface area contributed by atoms with Gasteiger partial charge in [-0.2, -0.15) is 0 Å². The lowest BCUT2D eigenvalue weighted by Crippen LogP contribution is -2.50. The van der Waals surface area contributed by atoms with Crippen LogP contribution in [0.25, 0.3) is 11.0 Å². The number of hydrogen-bond donors (Lipinski definition) is 1. The third-order valence-corrected chi connectivity index (χ3v) is 5.30. The topological polar surface area (TPSA) is 96.0 Å². The van der Waals surface area contributed by atoms with Crippen LogP contribution in [0.5, 0.6) is 0 Å². The molecule has 0 radical (unpaired) electrons. The quantitative estimate of drug-likeness (QED) is 0.694. The van der Waals surface area contributed by atoms with Crippen molar-refractivity contribution in [2.24, 2.45) is 5.41 Å². The minimum Gasteiger partial charge on any atom is -0.459 e. The maximum atomic E-state index is 13.3. The predicted octanol–water partition coefficient (Wildman–Crippen LogP) is 3.61. The molecule has 0 unspecified atom stereocenters. The highest BCUT2D eigenvalue weighted by molar-refractivity contribution is 6.11. The maximum absolute atomic E-state index is 13.3. The van der Waals surface area contributed by atoms with Crippen LogP contribution in [0.3, 0.4) is 0 Å². The number of rotatable bonds is 3. The zero-order valence-electron chi connectivity index (χ0n) is 17.8. The van der Waals surface area contributed by atoms with Crippen LogP contribution in [0.2, 0.25) is 0 Å². The molecule has 31 heavy (non-hydrogen) atoms. The second kappa shape index (κ2) is 7.94.